The van der Waals surface area contributed by atoms with Crippen LogP contribution in [0, 0.1) is 11.8 Å². The van der Waals surface area contributed by atoms with E-state index in [1.165, 1.54) is 19.3 Å². The van der Waals surface area contributed by atoms with E-state index in [1.807, 2.05) is 0 Å². The molecule has 1 saturated carbocycles. The molecule has 16 heavy (non-hydrogen) atoms. The molecule has 0 amide bonds. The summed E-state index contributed by atoms with van der Waals surface area (Å²) < 4.78 is 0. The van der Waals surface area contributed by atoms with Gasteiger partial charge in [0, 0.05) is 12.6 Å². The van der Waals surface area contributed by atoms with E-state index in [4.69, 9.17) is 0 Å². The molecule has 1 rings (SSSR count). The van der Waals surface area contributed by atoms with Gasteiger partial charge >= 0.3 is 0 Å². The van der Waals surface area contributed by atoms with Gasteiger partial charge in [0.05, 0.1) is 6.10 Å². The van der Waals surface area contributed by atoms with E-state index in [9.17, 15) is 5.11 Å². The predicted molar refractivity (Wildman–Crippen MR) is 69.5 cm³/mol. The quantitative estimate of drug-likeness (QED) is 0.780. The number of likely N-dealkylation sites (N-methyl/N-ethyl adjacent to an activating group) is 1. The Morgan fingerprint density at radius 2 is 1.94 bits per heavy atom. The van der Waals surface area contributed by atoms with E-state index in [1.54, 1.807) is 0 Å². The molecule has 2 heteroatoms. The standard InChI is InChI=1S/C14H29NO/c1-5-12-7-8-14(16)13(9-12)15(6-2)10-11(3)4/h11-14,16H,5-10H2,1-4H3. The fourth-order valence-corrected chi connectivity index (χ4v) is 2.95. The van der Waals surface area contributed by atoms with Crippen molar-refractivity contribution in [2.45, 2.75) is 65.5 Å². The number of aliphatic hydroxyl groups excluding tert-OH is 1. The summed E-state index contributed by atoms with van der Waals surface area (Å²) in [5, 5.41) is 10.2. The molecule has 1 aliphatic carbocycles. The molecule has 0 aromatic heterocycles. The number of rotatable bonds is 5. The molecule has 1 N–H and O–H groups in total. The van der Waals surface area contributed by atoms with Gasteiger partial charge in [-0.2, -0.15) is 0 Å². The van der Waals surface area contributed by atoms with Gasteiger partial charge in [-0.25, -0.2) is 0 Å². The van der Waals surface area contributed by atoms with E-state index >= 15 is 0 Å². The van der Waals surface area contributed by atoms with Crippen LogP contribution >= 0.6 is 0 Å². The first-order valence-corrected chi connectivity index (χ1v) is 7.00. The number of nitrogens with zero attached hydrogens (tertiary/aromatic N) is 1. The largest absolute Gasteiger partial charge is 0.391 e. The Balaban J connectivity index is 2.58. The van der Waals surface area contributed by atoms with Crippen LogP contribution in [0.2, 0.25) is 0 Å². The Labute approximate surface area is 101 Å². The third kappa shape index (κ3) is 3.74. The Hall–Kier alpha value is -0.0800. The molecule has 0 heterocycles. The number of aliphatic hydroxyl groups is 1. The van der Waals surface area contributed by atoms with Crippen molar-refractivity contribution in [2.75, 3.05) is 13.1 Å². The van der Waals surface area contributed by atoms with Crippen molar-refractivity contribution in [1.29, 1.82) is 0 Å². The van der Waals surface area contributed by atoms with Gasteiger partial charge in [0.2, 0.25) is 0 Å². The van der Waals surface area contributed by atoms with Crippen LogP contribution in [0.5, 0.6) is 0 Å². The first-order chi connectivity index (χ1) is 7.58. The van der Waals surface area contributed by atoms with Crippen LogP contribution in [0.4, 0.5) is 0 Å². The van der Waals surface area contributed by atoms with Crippen LogP contribution in [0.15, 0.2) is 0 Å². The fourth-order valence-electron chi connectivity index (χ4n) is 2.95. The molecule has 0 radical (unpaired) electrons. The van der Waals surface area contributed by atoms with Gasteiger partial charge in [-0.1, -0.05) is 34.1 Å². The third-order valence-electron chi connectivity index (χ3n) is 3.94. The molecule has 96 valence electrons. The van der Waals surface area contributed by atoms with Gasteiger partial charge in [-0.15, -0.1) is 0 Å². The van der Waals surface area contributed by atoms with Crippen molar-refractivity contribution in [3.8, 4) is 0 Å². The van der Waals surface area contributed by atoms with E-state index < -0.39 is 0 Å². The zero-order chi connectivity index (χ0) is 12.1. The lowest BCUT2D eigenvalue weighted by atomic mass is 9.81. The highest BCUT2D eigenvalue weighted by molar-refractivity contribution is 4.86. The molecular formula is C14H29NO. The van der Waals surface area contributed by atoms with Crippen LogP contribution in [0.1, 0.15) is 53.4 Å². The molecule has 0 aromatic carbocycles. The van der Waals surface area contributed by atoms with Crippen LogP contribution < -0.4 is 0 Å². The second-order valence-electron chi connectivity index (χ2n) is 5.70. The number of hydrogen-bond donors (Lipinski definition) is 1. The molecule has 1 fully saturated rings. The Bertz CT molecular complexity index is 193. The summed E-state index contributed by atoms with van der Waals surface area (Å²) in [6.45, 7) is 11.2. The maximum Gasteiger partial charge on any atom is 0.0695 e. The third-order valence-corrected chi connectivity index (χ3v) is 3.94. The second kappa shape index (κ2) is 6.61. The smallest absolute Gasteiger partial charge is 0.0695 e. The minimum atomic E-state index is -0.0958. The number of hydrogen-bond acceptors (Lipinski definition) is 2. The lowest BCUT2D eigenvalue weighted by Crippen LogP contribution is -2.48. The highest BCUT2D eigenvalue weighted by Crippen LogP contribution is 2.30. The molecular weight excluding hydrogens is 198 g/mol. The van der Waals surface area contributed by atoms with Crippen LogP contribution in [-0.2, 0) is 0 Å². The van der Waals surface area contributed by atoms with E-state index in [0.717, 1.165) is 25.4 Å². The topological polar surface area (TPSA) is 23.5 Å². The molecule has 3 unspecified atom stereocenters. The monoisotopic (exact) mass is 227 g/mol. The van der Waals surface area contributed by atoms with Gasteiger partial charge in [-0.3, -0.25) is 4.90 Å². The SMILES string of the molecule is CCC1CCC(O)C(N(CC)CC(C)C)C1. The van der Waals surface area contributed by atoms with Gasteiger partial charge in [0.1, 0.15) is 0 Å². The average molecular weight is 227 g/mol. The minimum absolute atomic E-state index is 0.0958. The summed E-state index contributed by atoms with van der Waals surface area (Å²) in [5.74, 6) is 1.52. The summed E-state index contributed by atoms with van der Waals surface area (Å²) in [7, 11) is 0. The zero-order valence-corrected chi connectivity index (χ0v) is 11.4. The molecule has 0 bridgehead atoms. The Kier molecular flexibility index (Phi) is 5.77. The van der Waals surface area contributed by atoms with Crippen LogP contribution in [0.3, 0.4) is 0 Å². The van der Waals surface area contributed by atoms with E-state index in [-0.39, 0.29) is 6.10 Å². The van der Waals surface area contributed by atoms with Crippen molar-refractivity contribution in [3.05, 3.63) is 0 Å². The normalized spacial score (nSPS) is 31.3. The summed E-state index contributed by atoms with van der Waals surface area (Å²) in [4.78, 5) is 2.48. The molecule has 1 aliphatic rings. The maximum atomic E-state index is 10.2. The average Bonchev–Trinajstić information content (AvgIpc) is 2.26. The highest BCUT2D eigenvalue weighted by Gasteiger charge is 2.32. The van der Waals surface area contributed by atoms with Crippen molar-refractivity contribution in [1.82, 2.24) is 4.90 Å². The molecule has 0 aliphatic heterocycles. The summed E-state index contributed by atoms with van der Waals surface area (Å²) in [5.41, 5.74) is 0. The summed E-state index contributed by atoms with van der Waals surface area (Å²) in [6.07, 6.45) is 4.58. The van der Waals surface area contributed by atoms with Crippen molar-refractivity contribution in [2.24, 2.45) is 11.8 Å². The predicted octanol–water partition coefficient (Wildman–Crippen LogP) is 2.90. The Morgan fingerprint density at radius 3 is 2.44 bits per heavy atom. The highest BCUT2D eigenvalue weighted by atomic mass is 16.3. The van der Waals surface area contributed by atoms with Gasteiger partial charge in [0.15, 0.2) is 0 Å². The van der Waals surface area contributed by atoms with E-state index in [0.29, 0.717) is 12.0 Å². The van der Waals surface area contributed by atoms with Gasteiger partial charge in [-0.05, 0) is 37.6 Å². The Morgan fingerprint density at radius 1 is 1.25 bits per heavy atom. The molecule has 3 atom stereocenters. The van der Waals surface area contributed by atoms with E-state index in [2.05, 4.69) is 32.6 Å². The molecule has 0 spiro atoms. The lowest BCUT2D eigenvalue weighted by molar-refractivity contribution is 0.0000763. The van der Waals surface area contributed by atoms with Crippen molar-refractivity contribution in [3.63, 3.8) is 0 Å². The zero-order valence-electron chi connectivity index (χ0n) is 11.4. The van der Waals surface area contributed by atoms with Crippen molar-refractivity contribution < 1.29 is 5.11 Å². The first-order valence-electron chi connectivity index (χ1n) is 7.00. The van der Waals surface area contributed by atoms with Gasteiger partial charge in [0.25, 0.3) is 0 Å². The molecule has 0 saturated heterocycles. The molecule has 2 nitrogen and oxygen atoms in total. The molecule has 0 aromatic rings. The summed E-state index contributed by atoms with van der Waals surface area (Å²) in [6, 6.07) is 0.408. The maximum absolute atomic E-state index is 10.2. The first kappa shape index (κ1) is 14.0. The van der Waals surface area contributed by atoms with Crippen molar-refractivity contribution >= 4 is 0 Å². The summed E-state index contributed by atoms with van der Waals surface area (Å²) >= 11 is 0. The minimum Gasteiger partial charge on any atom is -0.391 e. The van der Waals surface area contributed by atoms with Crippen LogP contribution in [-0.4, -0.2) is 35.2 Å². The van der Waals surface area contributed by atoms with Gasteiger partial charge < -0.3 is 5.11 Å². The second-order valence-corrected chi connectivity index (χ2v) is 5.70. The van der Waals surface area contributed by atoms with Crippen LogP contribution in [0.25, 0.3) is 0 Å². The fraction of sp³-hybridized carbons (Fsp3) is 1.00. The lowest BCUT2D eigenvalue weighted by Gasteiger charge is -2.40.